The maximum atomic E-state index is 14.2. The molecule has 406 valence electrons. The second-order valence-electron chi connectivity index (χ2n) is 20.1. The molecule has 1 saturated heterocycles. The minimum atomic E-state index is -2.47. The number of nitrogens with two attached hydrogens (primary N) is 1. The van der Waals surface area contributed by atoms with Crippen LogP contribution in [0.3, 0.4) is 0 Å². The van der Waals surface area contributed by atoms with E-state index >= 15 is 0 Å². The second-order valence-corrected chi connectivity index (χ2v) is 20.1. The minimum absolute atomic E-state index is 0.00553. The lowest BCUT2D eigenvalue weighted by Gasteiger charge is -2.43. The van der Waals surface area contributed by atoms with Crippen molar-refractivity contribution in [1.29, 1.82) is 0 Å². The van der Waals surface area contributed by atoms with Gasteiger partial charge < -0.3 is 81.9 Å². The van der Waals surface area contributed by atoms with Gasteiger partial charge in [0.25, 0.3) is 0 Å². The molecule has 1 aliphatic heterocycles. The van der Waals surface area contributed by atoms with Gasteiger partial charge in [0.15, 0.2) is 17.9 Å². The summed E-state index contributed by atoms with van der Waals surface area (Å²) >= 11 is 0. The number of carbonyl (C=O) groups is 9. The molecule has 74 heavy (non-hydrogen) atoms. The molecular formula is C49H66N6O19. The monoisotopic (exact) mass is 1040 g/mol. The van der Waals surface area contributed by atoms with Gasteiger partial charge in [0.2, 0.25) is 35.3 Å². The summed E-state index contributed by atoms with van der Waals surface area (Å²) in [5.74, 6) is -10.00. The number of hydrogen-bond acceptors (Lipinski definition) is 19. The number of benzene rings is 2. The van der Waals surface area contributed by atoms with Gasteiger partial charge in [0.05, 0.1) is 54.6 Å². The Kier molecular flexibility index (Phi) is 18.2. The predicted molar refractivity (Wildman–Crippen MR) is 255 cm³/mol. The van der Waals surface area contributed by atoms with Gasteiger partial charge in [0.1, 0.15) is 65.3 Å². The Morgan fingerprint density at radius 3 is 2.09 bits per heavy atom. The number of rotatable bonds is 19. The third-order valence-electron chi connectivity index (χ3n) is 12.7. The summed E-state index contributed by atoms with van der Waals surface area (Å²) in [6.45, 7) is 10.9. The van der Waals surface area contributed by atoms with Gasteiger partial charge in [-0.2, -0.15) is 0 Å². The van der Waals surface area contributed by atoms with Crippen LogP contribution in [0.15, 0.2) is 18.2 Å². The fraction of sp³-hybridized carbons (Fsp3) is 0.571. The summed E-state index contributed by atoms with van der Waals surface area (Å²) in [6, 6.07) is -3.29. The quantitative estimate of drug-likeness (QED) is 0.0629. The molecule has 13 N–H and O–H groups in total. The maximum Gasteiger partial charge on any atom is 0.408 e. The Balaban J connectivity index is 1.38. The van der Waals surface area contributed by atoms with E-state index in [4.69, 9.17) is 24.7 Å². The van der Waals surface area contributed by atoms with Gasteiger partial charge in [-0.15, -0.1) is 0 Å². The van der Waals surface area contributed by atoms with Crippen LogP contribution in [0, 0.1) is 5.92 Å². The van der Waals surface area contributed by atoms with Crippen molar-refractivity contribution >= 4 is 53.0 Å². The third kappa shape index (κ3) is 12.9. The Morgan fingerprint density at radius 1 is 0.878 bits per heavy atom. The fourth-order valence-electron chi connectivity index (χ4n) is 9.02. The standard InChI is InChI=1S/C49H66N6O19/c1-19(2)13-26(53-45(67)27(14-31(50)59)54-46(68)37(21(4)57)55-43(65)20(3)51-47(69)74-48(6,7)8)44(66)52-25-15-32(72-22(5)38(25)60)73-29-17-49(70,30(58)18-56)16-24-34(29)42(64)36-35(40(24)62)39(61)23-11-10-12-28(71-9)33(23)41(36)63/h10-12,19-22,25-27,29,32,37-38,56-57,60,62,64,70H,13-18H2,1-9H3,(H2,50,59)(H,51,69)(H,52,66)(H,53,67)(H,54,68)(H,55,65)/t20?,21?,22-,25-,26?,27?,29-,32-,37?,38+,49-/m0/s1. The molecule has 11 atom stereocenters. The fourth-order valence-corrected chi connectivity index (χ4v) is 9.02. The van der Waals surface area contributed by atoms with Crippen LogP contribution in [0.2, 0.25) is 0 Å². The smallest absolute Gasteiger partial charge is 0.408 e. The topological polar surface area (TPSA) is 398 Å². The number of alkyl carbamates (subject to hydrolysis) is 1. The first kappa shape index (κ1) is 58.1. The third-order valence-corrected chi connectivity index (χ3v) is 12.7. The lowest BCUT2D eigenvalue weighted by atomic mass is 9.72. The van der Waals surface area contributed by atoms with Crippen molar-refractivity contribution in [2.24, 2.45) is 11.7 Å². The molecule has 3 aliphatic rings. The van der Waals surface area contributed by atoms with Crippen molar-refractivity contribution in [1.82, 2.24) is 26.6 Å². The first-order valence-corrected chi connectivity index (χ1v) is 23.8. The van der Waals surface area contributed by atoms with Gasteiger partial charge in [-0.05, 0) is 59.9 Å². The Hall–Kier alpha value is -6.77. The van der Waals surface area contributed by atoms with E-state index in [-0.39, 0.29) is 40.3 Å². The number of ether oxygens (including phenoxy) is 4. The SMILES string of the molecule is COc1cccc2c1C(=O)c1c(O)c3c(c(O)c1C2=O)C[C@@](O)(C(=O)CO)C[C@@H]3O[C@H]1C[C@H](NC(=O)C(CC(C)C)NC(=O)C(CC(N)=O)NC(=O)C(NC(=O)C(C)NC(=O)OC(C)(C)C)C(C)O)[C@H](O)[C@H](C)O1. The van der Waals surface area contributed by atoms with E-state index in [1.807, 2.05) is 0 Å². The molecule has 2 aliphatic carbocycles. The number of aromatic hydroxyl groups is 2. The van der Waals surface area contributed by atoms with Crippen molar-refractivity contribution in [3.8, 4) is 17.2 Å². The molecule has 6 amide bonds. The van der Waals surface area contributed by atoms with E-state index in [9.17, 15) is 73.8 Å². The number of ketones is 3. The van der Waals surface area contributed by atoms with Gasteiger partial charge in [-0.25, -0.2) is 4.79 Å². The molecule has 0 aromatic heterocycles. The lowest BCUT2D eigenvalue weighted by molar-refractivity contribution is -0.249. The molecule has 0 radical (unpaired) electrons. The van der Waals surface area contributed by atoms with Gasteiger partial charge in [-0.3, -0.25) is 38.4 Å². The molecule has 0 saturated carbocycles. The number of methoxy groups -OCH3 is 1. The Bertz CT molecular complexity index is 2560. The first-order valence-electron chi connectivity index (χ1n) is 23.8. The number of phenolic OH excluding ortho intramolecular Hbond substituents is 2. The van der Waals surface area contributed by atoms with E-state index in [0.717, 1.165) is 6.92 Å². The molecule has 25 heteroatoms. The van der Waals surface area contributed by atoms with Crippen molar-refractivity contribution in [3.63, 3.8) is 0 Å². The summed E-state index contributed by atoms with van der Waals surface area (Å²) in [5.41, 5.74) is -0.176. The highest BCUT2D eigenvalue weighted by Gasteiger charge is 2.51. The van der Waals surface area contributed by atoms with Gasteiger partial charge >= 0.3 is 6.09 Å². The van der Waals surface area contributed by atoms with Crippen molar-refractivity contribution in [2.75, 3.05) is 13.7 Å². The highest BCUT2D eigenvalue weighted by molar-refractivity contribution is 6.31. The molecule has 2 aromatic carbocycles. The molecule has 0 bridgehead atoms. The summed E-state index contributed by atoms with van der Waals surface area (Å²) in [6.07, 6.45) is -10.9. The molecule has 1 heterocycles. The number of phenols is 2. The van der Waals surface area contributed by atoms with Crippen LogP contribution < -0.4 is 37.1 Å². The predicted octanol–water partition coefficient (Wildman–Crippen LogP) is -1.17. The van der Waals surface area contributed by atoms with Crippen molar-refractivity contribution < 1.29 is 92.7 Å². The number of fused-ring (bicyclic) bond motifs is 3. The first-order chi connectivity index (χ1) is 34.4. The molecule has 5 unspecified atom stereocenters. The van der Waals surface area contributed by atoms with Crippen LogP contribution in [0.5, 0.6) is 17.2 Å². The summed E-state index contributed by atoms with van der Waals surface area (Å²) in [5, 5.41) is 79.0. The average molecular weight is 1040 g/mol. The number of Topliss-reactive ketones (excluding diaryl/α,β-unsaturated/α-hetero) is 1. The normalized spacial score (nSPS) is 23.3. The highest BCUT2D eigenvalue weighted by Crippen LogP contribution is 2.52. The molecule has 0 spiro atoms. The van der Waals surface area contributed by atoms with Gasteiger partial charge in [-0.1, -0.05) is 26.0 Å². The minimum Gasteiger partial charge on any atom is -0.507 e. The number of aliphatic hydroxyl groups excluding tert-OH is 3. The van der Waals surface area contributed by atoms with E-state index in [0.29, 0.717) is 0 Å². The number of carbonyl (C=O) groups excluding carboxylic acids is 9. The van der Waals surface area contributed by atoms with Crippen LogP contribution >= 0.6 is 0 Å². The second kappa shape index (κ2) is 23.2. The van der Waals surface area contributed by atoms with E-state index in [2.05, 4.69) is 26.6 Å². The van der Waals surface area contributed by atoms with Crippen LogP contribution in [-0.2, 0) is 49.4 Å². The number of amides is 6. The number of aliphatic hydroxyl groups is 4. The van der Waals surface area contributed by atoms with Crippen molar-refractivity contribution in [3.05, 3.63) is 51.6 Å². The van der Waals surface area contributed by atoms with Crippen LogP contribution in [0.1, 0.15) is 130 Å². The highest BCUT2D eigenvalue weighted by atomic mass is 16.7. The number of hydrogen-bond donors (Lipinski definition) is 12. The lowest BCUT2D eigenvalue weighted by Crippen LogP contribution is -2.62. The van der Waals surface area contributed by atoms with Gasteiger partial charge in [0, 0.05) is 36.0 Å². The van der Waals surface area contributed by atoms with Crippen LogP contribution in [0.25, 0.3) is 0 Å². The molecule has 25 nitrogen and oxygen atoms in total. The molecule has 1 fully saturated rings. The average Bonchev–Trinajstić information content (AvgIpc) is 3.30. The van der Waals surface area contributed by atoms with E-state index in [1.54, 1.807) is 34.6 Å². The van der Waals surface area contributed by atoms with E-state index in [1.165, 1.54) is 39.2 Å². The molecule has 2 aromatic rings. The zero-order valence-corrected chi connectivity index (χ0v) is 42.4. The van der Waals surface area contributed by atoms with Crippen molar-refractivity contribution in [2.45, 2.75) is 160 Å². The zero-order chi connectivity index (χ0) is 55.5. The largest absolute Gasteiger partial charge is 0.507 e. The zero-order valence-electron chi connectivity index (χ0n) is 42.4. The van der Waals surface area contributed by atoms with Crippen LogP contribution in [-0.4, -0.2) is 163 Å². The number of primary amides is 1. The maximum absolute atomic E-state index is 14.2. The number of nitrogens with one attached hydrogen (secondary N) is 5. The van der Waals surface area contributed by atoms with E-state index < -0.39 is 180 Å². The summed E-state index contributed by atoms with van der Waals surface area (Å²) in [7, 11) is 1.26. The summed E-state index contributed by atoms with van der Waals surface area (Å²) in [4.78, 5) is 120. The molecule has 5 rings (SSSR count). The Morgan fingerprint density at radius 2 is 1.51 bits per heavy atom. The molecular weight excluding hydrogens is 977 g/mol. The summed E-state index contributed by atoms with van der Waals surface area (Å²) < 4.78 is 22.7. The Labute approximate surface area is 425 Å². The van der Waals surface area contributed by atoms with Crippen LogP contribution in [0.4, 0.5) is 4.79 Å².